The van der Waals surface area contributed by atoms with Crippen molar-refractivity contribution in [1.29, 1.82) is 0 Å². The number of aliphatic hydroxyl groups excluding tert-OH is 1. The van der Waals surface area contributed by atoms with Crippen LogP contribution in [0.15, 0.2) is 16.6 Å². The molecule has 1 aliphatic carbocycles. The summed E-state index contributed by atoms with van der Waals surface area (Å²) in [6, 6.07) is 3.85. The molecule has 0 aromatic heterocycles. The van der Waals surface area contributed by atoms with Crippen molar-refractivity contribution in [3.05, 3.63) is 27.7 Å². The van der Waals surface area contributed by atoms with Crippen LogP contribution in [0.2, 0.25) is 0 Å². The number of methoxy groups -OCH3 is 1. The maximum Gasteiger partial charge on any atom is 0.122 e. The van der Waals surface area contributed by atoms with Crippen LogP contribution in [0.4, 0.5) is 0 Å². The van der Waals surface area contributed by atoms with Crippen LogP contribution in [-0.2, 0) is 6.42 Å². The van der Waals surface area contributed by atoms with Crippen molar-refractivity contribution in [1.82, 2.24) is 0 Å². The zero-order chi connectivity index (χ0) is 9.42. The van der Waals surface area contributed by atoms with Gasteiger partial charge in [-0.05, 0) is 25.0 Å². The van der Waals surface area contributed by atoms with E-state index < -0.39 is 0 Å². The highest BCUT2D eigenvalue weighted by Gasteiger charge is 2.25. The van der Waals surface area contributed by atoms with Crippen molar-refractivity contribution >= 4 is 15.9 Å². The summed E-state index contributed by atoms with van der Waals surface area (Å²) >= 11 is 3.44. The molecule has 1 aromatic rings. The monoisotopic (exact) mass is 242 g/mol. The van der Waals surface area contributed by atoms with E-state index in [0.29, 0.717) is 0 Å². The highest BCUT2D eigenvalue weighted by molar-refractivity contribution is 9.10. The lowest BCUT2D eigenvalue weighted by Crippen LogP contribution is -1.94. The fourth-order valence-corrected chi connectivity index (χ4v) is 2.49. The average molecular weight is 243 g/mol. The molecule has 1 unspecified atom stereocenters. The number of hydrogen-bond acceptors (Lipinski definition) is 2. The minimum absolute atomic E-state index is 0.334. The summed E-state index contributed by atoms with van der Waals surface area (Å²) in [4.78, 5) is 0. The highest BCUT2D eigenvalue weighted by atomic mass is 79.9. The Morgan fingerprint density at radius 1 is 1.54 bits per heavy atom. The molecule has 70 valence electrons. The van der Waals surface area contributed by atoms with E-state index in [1.165, 1.54) is 0 Å². The zero-order valence-corrected chi connectivity index (χ0v) is 8.97. The van der Waals surface area contributed by atoms with Crippen molar-refractivity contribution in [2.75, 3.05) is 7.11 Å². The summed E-state index contributed by atoms with van der Waals surface area (Å²) in [6.07, 6.45) is 1.37. The topological polar surface area (TPSA) is 29.5 Å². The second-order valence-corrected chi connectivity index (χ2v) is 4.05. The van der Waals surface area contributed by atoms with E-state index in [-0.39, 0.29) is 6.10 Å². The Labute approximate surface area is 85.7 Å². The number of aliphatic hydroxyl groups is 1. The predicted molar refractivity (Wildman–Crippen MR) is 54.0 cm³/mol. The van der Waals surface area contributed by atoms with Gasteiger partial charge in [0.2, 0.25) is 0 Å². The Balaban J connectivity index is 2.59. The molecule has 0 bridgehead atoms. The number of halogens is 1. The van der Waals surface area contributed by atoms with Gasteiger partial charge in [-0.15, -0.1) is 0 Å². The quantitative estimate of drug-likeness (QED) is 0.820. The van der Waals surface area contributed by atoms with E-state index in [1.54, 1.807) is 7.11 Å². The lowest BCUT2D eigenvalue weighted by atomic mass is 10.1. The summed E-state index contributed by atoms with van der Waals surface area (Å²) in [5.41, 5.74) is 2.14. The molecule has 3 heteroatoms. The maximum absolute atomic E-state index is 9.70. The van der Waals surface area contributed by atoms with Crippen LogP contribution >= 0.6 is 15.9 Å². The molecule has 0 saturated carbocycles. The van der Waals surface area contributed by atoms with Crippen LogP contribution in [-0.4, -0.2) is 12.2 Å². The van der Waals surface area contributed by atoms with Gasteiger partial charge in [0.05, 0.1) is 13.2 Å². The largest absolute Gasteiger partial charge is 0.496 e. The number of ether oxygens (including phenoxy) is 1. The molecule has 1 N–H and O–H groups in total. The number of rotatable bonds is 1. The Hall–Kier alpha value is -0.540. The molecular formula is C10H11BrO2. The van der Waals surface area contributed by atoms with Crippen molar-refractivity contribution < 1.29 is 9.84 Å². The van der Waals surface area contributed by atoms with E-state index in [1.807, 2.05) is 12.1 Å². The third-order valence-corrected chi connectivity index (χ3v) is 3.17. The Morgan fingerprint density at radius 3 is 3.00 bits per heavy atom. The molecule has 1 aromatic carbocycles. The molecule has 2 nitrogen and oxygen atoms in total. The number of benzene rings is 1. The van der Waals surface area contributed by atoms with Gasteiger partial charge < -0.3 is 9.84 Å². The highest BCUT2D eigenvalue weighted by Crippen LogP contribution is 2.41. The van der Waals surface area contributed by atoms with Gasteiger partial charge in [0, 0.05) is 15.6 Å². The minimum Gasteiger partial charge on any atom is -0.496 e. The molecule has 1 atom stereocenters. The Bertz CT molecular complexity index is 336. The molecule has 0 heterocycles. The smallest absolute Gasteiger partial charge is 0.122 e. The Morgan fingerprint density at radius 2 is 2.31 bits per heavy atom. The summed E-state index contributed by atoms with van der Waals surface area (Å²) < 4.78 is 6.21. The van der Waals surface area contributed by atoms with E-state index >= 15 is 0 Å². The molecule has 0 spiro atoms. The first kappa shape index (κ1) is 9.03. The first-order valence-corrected chi connectivity index (χ1v) is 5.06. The second kappa shape index (κ2) is 3.31. The fraction of sp³-hybridized carbons (Fsp3) is 0.400. The van der Waals surface area contributed by atoms with E-state index in [0.717, 1.165) is 34.2 Å². The van der Waals surface area contributed by atoms with Crippen LogP contribution in [0.1, 0.15) is 23.7 Å². The van der Waals surface area contributed by atoms with Gasteiger partial charge >= 0.3 is 0 Å². The van der Waals surface area contributed by atoms with Crippen molar-refractivity contribution in [2.45, 2.75) is 18.9 Å². The fourth-order valence-electron chi connectivity index (χ4n) is 1.85. The molecule has 13 heavy (non-hydrogen) atoms. The van der Waals surface area contributed by atoms with Crippen LogP contribution < -0.4 is 4.74 Å². The van der Waals surface area contributed by atoms with E-state index in [9.17, 15) is 5.11 Å². The molecule has 0 amide bonds. The number of hydrogen-bond donors (Lipinski definition) is 1. The summed E-state index contributed by atoms with van der Waals surface area (Å²) in [5.74, 6) is 0.884. The molecule has 0 aliphatic heterocycles. The maximum atomic E-state index is 9.70. The normalized spacial score (nSPS) is 20.1. The summed E-state index contributed by atoms with van der Waals surface area (Å²) in [6.45, 7) is 0. The standard InChI is InChI=1S/C10H11BrO2/c1-13-9-5-3-7(11)10-6(9)2-4-8(10)12/h3,5,8,12H,2,4H2,1H3. The Kier molecular flexibility index (Phi) is 2.30. The molecule has 2 rings (SSSR count). The minimum atomic E-state index is -0.334. The zero-order valence-electron chi connectivity index (χ0n) is 7.38. The number of fused-ring (bicyclic) bond motifs is 1. The van der Waals surface area contributed by atoms with Gasteiger partial charge in [-0.3, -0.25) is 0 Å². The summed E-state index contributed by atoms with van der Waals surface area (Å²) in [7, 11) is 1.66. The van der Waals surface area contributed by atoms with E-state index in [4.69, 9.17) is 4.74 Å². The second-order valence-electron chi connectivity index (χ2n) is 3.20. The molecule has 0 saturated heterocycles. The van der Waals surface area contributed by atoms with Crippen LogP contribution in [0.25, 0.3) is 0 Å². The SMILES string of the molecule is COc1ccc(Br)c2c1CCC2O. The molecule has 1 aliphatic rings. The lowest BCUT2D eigenvalue weighted by Gasteiger charge is -2.10. The van der Waals surface area contributed by atoms with Gasteiger partial charge in [-0.2, -0.15) is 0 Å². The molecule has 0 radical (unpaired) electrons. The van der Waals surface area contributed by atoms with E-state index in [2.05, 4.69) is 15.9 Å². The van der Waals surface area contributed by atoms with Crippen LogP contribution in [0.5, 0.6) is 5.75 Å². The van der Waals surface area contributed by atoms with Crippen molar-refractivity contribution in [3.63, 3.8) is 0 Å². The van der Waals surface area contributed by atoms with Crippen molar-refractivity contribution in [3.8, 4) is 5.75 Å². The molecular weight excluding hydrogens is 232 g/mol. The van der Waals surface area contributed by atoms with Gasteiger partial charge in [-0.1, -0.05) is 15.9 Å². The third kappa shape index (κ3) is 1.36. The van der Waals surface area contributed by atoms with Crippen LogP contribution in [0, 0.1) is 0 Å². The van der Waals surface area contributed by atoms with Gasteiger partial charge in [0.1, 0.15) is 5.75 Å². The first-order chi connectivity index (χ1) is 6.24. The lowest BCUT2D eigenvalue weighted by molar-refractivity contribution is 0.179. The van der Waals surface area contributed by atoms with Gasteiger partial charge in [0.25, 0.3) is 0 Å². The predicted octanol–water partition coefficient (Wildman–Crippen LogP) is 2.44. The first-order valence-electron chi connectivity index (χ1n) is 4.27. The average Bonchev–Trinajstić information content (AvgIpc) is 2.50. The van der Waals surface area contributed by atoms with Gasteiger partial charge in [-0.25, -0.2) is 0 Å². The van der Waals surface area contributed by atoms with Crippen LogP contribution in [0.3, 0.4) is 0 Å². The molecule has 0 fully saturated rings. The summed E-state index contributed by atoms with van der Waals surface area (Å²) in [5, 5.41) is 9.70. The van der Waals surface area contributed by atoms with Gasteiger partial charge in [0.15, 0.2) is 0 Å². The van der Waals surface area contributed by atoms with Crippen molar-refractivity contribution in [2.24, 2.45) is 0 Å². The third-order valence-electron chi connectivity index (χ3n) is 2.48.